The molecule has 148 valence electrons. The van der Waals surface area contributed by atoms with E-state index in [0.29, 0.717) is 12.4 Å². The number of carbonyl (C=O) groups excluding carboxylic acids is 2. The molecule has 0 unspecified atom stereocenters. The molecule has 0 bridgehead atoms. The normalized spacial score (nSPS) is 10.7. The van der Waals surface area contributed by atoms with Gasteiger partial charge in [0.25, 0.3) is 11.8 Å². The number of nitrogens with zero attached hydrogens (tertiary/aromatic N) is 2. The summed E-state index contributed by atoms with van der Waals surface area (Å²) in [5, 5.41) is -0.857. The summed E-state index contributed by atoms with van der Waals surface area (Å²) < 4.78 is 57.2. The molecule has 1 heterocycles. The van der Waals surface area contributed by atoms with Gasteiger partial charge < -0.3 is 0 Å². The highest BCUT2D eigenvalue weighted by molar-refractivity contribution is 6.39. The predicted octanol–water partition coefficient (Wildman–Crippen LogP) is 5.43. The summed E-state index contributed by atoms with van der Waals surface area (Å²) in [6, 6.07) is 6.35. The van der Waals surface area contributed by atoms with Gasteiger partial charge in [0.15, 0.2) is 11.6 Å². The summed E-state index contributed by atoms with van der Waals surface area (Å²) >= 11 is 11.7. The van der Waals surface area contributed by atoms with Crippen LogP contribution in [0, 0.1) is 23.3 Å². The molecule has 0 fully saturated rings. The van der Waals surface area contributed by atoms with Crippen molar-refractivity contribution in [3.8, 4) is 0 Å². The van der Waals surface area contributed by atoms with Gasteiger partial charge in [0.2, 0.25) is 0 Å². The van der Waals surface area contributed by atoms with Crippen LogP contribution in [0.25, 0.3) is 0 Å². The fraction of sp³-hybridized carbons (Fsp3) is 0. The molecule has 3 aromatic rings. The van der Waals surface area contributed by atoms with Crippen LogP contribution in [0.15, 0.2) is 48.8 Å². The predicted molar refractivity (Wildman–Crippen MR) is 98.1 cm³/mol. The molecule has 2 aromatic carbocycles. The van der Waals surface area contributed by atoms with Crippen LogP contribution in [0.4, 0.5) is 23.2 Å². The van der Waals surface area contributed by atoms with E-state index in [-0.39, 0.29) is 4.90 Å². The molecule has 0 saturated heterocycles. The van der Waals surface area contributed by atoms with Crippen molar-refractivity contribution in [1.29, 1.82) is 0 Å². The van der Waals surface area contributed by atoms with E-state index in [1.54, 1.807) is 0 Å². The number of halogens is 6. The number of hydrogen-bond donors (Lipinski definition) is 0. The van der Waals surface area contributed by atoms with Gasteiger partial charge in [-0.1, -0.05) is 35.3 Å². The van der Waals surface area contributed by atoms with Crippen LogP contribution >= 0.6 is 23.2 Å². The Morgan fingerprint density at radius 3 is 1.52 bits per heavy atom. The molecule has 10 heteroatoms. The van der Waals surface area contributed by atoms with Crippen molar-refractivity contribution >= 4 is 40.7 Å². The van der Waals surface area contributed by atoms with Crippen molar-refractivity contribution in [3.63, 3.8) is 0 Å². The molecule has 3 rings (SSSR count). The fourth-order valence-electron chi connectivity index (χ4n) is 2.54. The number of anilines is 1. The Hall–Kier alpha value is -2.97. The number of carbonyl (C=O) groups is 2. The molecule has 0 aliphatic rings. The molecular formula is C19H8Cl2F4N2O2. The Morgan fingerprint density at radius 2 is 1.14 bits per heavy atom. The van der Waals surface area contributed by atoms with E-state index in [9.17, 15) is 27.2 Å². The van der Waals surface area contributed by atoms with Crippen molar-refractivity contribution in [2.24, 2.45) is 0 Å². The van der Waals surface area contributed by atoms with Gasteiger partial charge in [-0.25, -0.2) is 22.5 Å². The lowest BCUT2D eigenvalue weighted by Gasteiger charge is -2.23. The molecule has 29 heavy (non-hydrogen) atoms. The average Bonchev–Trinajstić information content (AvgIpc) is 2.64. The number of aromatic nitrogens is 1. The summed E-state index contributed by atoms with van der Waals surface area (Å²) in [6.45, 7) is 0. The molecule has 0 saturated carbocycles. The van der Waals surface area contributed by atoms with Crippen molar-refractivity contribution in [3.05, 3.63) is 93.2 Å². The first-order valence-corrected chi connectivity index (χ1v) is 8.55. The third kappa shape index (κ3) is 3.81. The van der Waals surface area contributed by atoms with E-state index >= 15 is 0 Å². The van der Waals surface area contributed by atoms with Crippen LogP contribution in [-0.4, -0.2) is 16.8 Å². The Kier molecular flexibility index (Phi) is 5.86. The number of rotatable bonds is 3. The summed E-state index contributed by atoms with van der Waals surface area (Å²) in [5.74, 6) is -8.22. The lowest BCUT2D eigenvalue weighted by atomic mass is 10.1. The monoisotopic (exact) mass is 442 g/mol. The minimum absolute atomic E-state index is 0.0685. The van der Waals surface area contributed by atoms with Gasteiger partial charge in [-0.3, -0.25) is 14.6 Å². The van der Waals surface area contributed by atoms with Crippen LogP contribution in [0.2, 0.25) is 10.0 Å². The van der Waals surface area contributed by atoms with Gasteiger partial charge in [0.05, 0.1) is 33.6 Å². The largest absolute Gasteiger partial charge is 0.270 e. The average molecular weight is 443 g/mol. The van der Waals surface area contributed by atoms with E-state index < -0.39 is 61.9 Å². The van der Waals surface area contributed by atoms with Gasteiger partial charge in [0.1, 0.15) is 17.3 Å². The van der Waals surface area contributed by atoms with Gasteiger partial charge in [0, 0.05) is 0 Å². The Balaban J connectivity index is 2.29. The van der Waals surface area contributed by atoms with E-state index in [2.05, 4.69) is 4.98 Å². The zero-order valence-electron chi connectivity index (χ0n) is 14.1. The lowest BCUT2D eigenvalue weighted by Crippen LogP contribution is -2.39. The van der Waals surface area contributed by atoms with E-state index in [4.69, 9.17) is 23.2 Å². The summed E-state index contributed by atoms with van der Waals surface area (Å²) in [5.41, 5.74) is -2.87. The van der Waals surface area contributed by atoms with E-state index in [0.717, 1.165) is 24.3 Å². The molecule has 0 radical (unpaired) electrons. The second-order valence-corrected chi connectivity index (χ2v) is 6.41. The first kappa shape index (κ1) is 20.8. The topological polar surface area (TPSA) is 50.3 Å². The van der Waals surface area contributed by atoms with Crippen LogP contribution in [0.1, 0.15) is 20.7 Å². The van der Waals surface area contributed by atoms with Crippen molar-refractivity contribution in [2.75, 3.05) is 4.90 Å². The third-order valence-electron chi connectivity index (χ3n) is 3.81. The molecule has 0 aliphatic heterocycles. The minimum atomic E-state index is -1.53. The maximum absolute atomic E-state index is 14.4. The quantitative estimate of drug-likeness (QED) is 0.401. The maximum atomic E-state index is 14.4. The summed E-state index contributed by atoms with van der Waals surface area (Å²) in [4.78, 5) is 29.2. The third-order valence-corrected chi connectivity index (χ3v) is 4.44. The number of imide groups is 1. The number of amides is 2. The van der Waals surface area contributed by atoms with E-state index in [1.165, 1.54) is 12.1 Å². The zero-order chi connectivity index (χ0) is 21.3. The second-order valence-electron chi connectivity index (χ2n) is 5.59. The van der Waals surface area contributed by atoms with Gasteiger partial charge in [-0.05, 0) is 24.3 Å². The summed E-state index contributed by atoms with van der Waals surface area (Å²) in [6.07, 6.45) is 1.05. The molecule has 0 spiro atoms. The minimum Gasteiger partial charge on any atom is -0.268 e. The highest BCUT2D eigenvalue weighted by atomic mass is 35.5. The molecule has 1 aromatic heterocycles. The van der Waals surface area contributed by atoms with Crippen molar-refractivity contribution in [2.45, 2.75) is 0 Å². The standard InChI is InChI=1S/C19H8Cl2F4N2O2/c20-9-3-1-5-11(22)15(9)18(28)27(17-13(24)7-26-8-14(17)25)19(29)16-10(21)4-2-6-12(16)23/h1-8H. The van der Waals surface area contributed by atoms with Crippen molar-refractivity contribution in [1.82, 2.24) is 4.98 Å². The lowest BCUT2D eigenvalue weighted by molar-refractivity contribution is 0.0891. The smallest absolute Gasteiger partial charge is 0.268 e. The number of benzene rings is 2. The van der Waals surface area contributed by atoms with Gasteiger partial charge >= 0.3 is 0 Å². The molecule has 0 N–H and O–H groups in total. The van der Waals surface area contributed by atoms with Crippen LogP contribution in [-0.2, 0) is 0 Å². The second kappa shape index (κ2) is 8.18. The molecule has 4 nitrogen and oxygen atoms in total. The Morgan fingerprint density at radius 1 is 0.724 bits per heavy atom. The van der Waals surface area contributed by atoms with Crippen molar-refractivity contribution < 1.29 is 27.2 Å². The Bertz CT molecular complexity index is 1020. The highest BCUT2D eigenvalue weighted by Crippen LogP contribution is 2.31. The molecular weight excluding hydrogens is 435 g/mol. The van der Waals surface area contributed by atoms with Crippen LogP contribution in [0.3, 0.4) is 0 Å². The fourth-order valence-corrected chi connectivity index (χ4v) is 3.03. The van der Waals surface area contributed by atoms with Gasteiger partial charge in [-0.15, -0.1) is 0 Å². The SMILES string of the molecule is O=C(c1c(F)cccc1Cl)N(C(=O)c1c(F)cccc1Cl)c1c(F)cncc1F. The number of hydrogen-bond acceptors (Lipinski definition) is 3. The molecule has 2 amide bonds. The first-order chi connectivity index (χ1) is 13.7. The maximum Gasteiger partial charge on any atom is 0.270 e. The number of pyridine rings is 1. The van der Waals surface area contributed by atoms with Crippen LogP contribution in [0.5, 0.6) is 0 Å². The highest BCUT2D eigenvalue weighted by Gasteiger charge is 2.35. The zero-order valence-corrected chi connectivity index (χ0v) is 15.6. The molecule has 0 atom stereocenters. The van der Waals surface area contributed by atoms with E-state index in [1.807, 2.05) is 0 Å². The summed E-state index contributed by atoms with van der Waals surface area (Å²) in [7, 11) is 0. The van der Waals surface area contributed by atoms with Crippen LogP contribution < -0.4 is 4.90 Å². The van der Waals surface area contributed by atoms with Gasteiger partial charge in [-0.2, -0.15) is 0 Å². The molecule has 0 aliphatic carbocycles. The Labute approximate surface area is 171 Å². The first-order valence-electron chi connectivity index (χ1n) is 7.79.